The second kappa shape index (κ2) is 23.6. The lowest BCUT2D eigenvalue weighted by atomic mass is 9.75. The zero-order chi connectivity index (χ0) is 51.9. The number of carbonyl (C=O) groups excluding carboxylic acids is 5. The average molecular weight is 993 g/mol. The number of esters is 3. The third-order valence-corrected chi connectivity index (χ3v) is 14.9. The lowest BCUT2D eigenvalue weighted by Crippen LogP contribution is -2.45. The van der Waals surface area contributed by atoms with Crippen molar-refractivity contribution in [1.82, 2.24) is 10.3 Å². The fourth-order valence-electron chi connectivity index (χ4n) is 10.4. The SMILES string of the molecule is C=C(C)C(=O)OCC(C)(C)C(=O)NC1=NC(=Cc2[nH]c(NC(=O)C(C)SC(C)OCO)c(C(=O)OC3C(C)CC(C)CC3C)c2-c2ccccc2)C(c2ccccc2)=C1C(=O)OC1C(C)CC(C)CC1C. The van der Waals surface area contributed by atoms with E-state index in [1.54, 1.807) is 33.8 Å². The molecule has 14 nitrogen and oxygen atoms in total. The lowest BCUT2D eigenvalue weighted by Gasteiger charge is -2.37. The maximum atomic E-state index is 15.0. The van der Waals surface area contributed by atoms with Gasteiger partial charge >= 0.3 is 17.9 Å². The molecule has 71 heavy (non-hydrogen) atoms. The number of nitrogens with one attached hydrogen (secondary N) is 3. The first-order chi connectivity index (χ1) is 33.6. The number of amidine groups is 1. The van der Waals surface area contributed by atoms with E-state index >= 15 is 9.59 Å². The van der Waals surface area contributed by atoms with Crippen molar-refractivity contribution < 1.29 is 48.0 Å². The van der Waals surface area contributed by atoms with E-state index in [1.165, 1.54) is 18.7 Å². The van der Waals surface area contributed by atoms with E-state index in [9.17, 15) is 19.5 Å². The lowest BCUT2D eigenvalue weighted by molar-refractivity contribution is -0.152. The fraction of sp³-hybridized carbons (Fsp3) is 0.500. The highest BCUT2D eigenvalue weighted by Crippen LogP contribution is 2.43. The molecule has 3 aliphatic rings. The Balaban J connectivity index is 1.57. The van der Waals surface area contributed by atoms with E-state index in [0.29, 0.717) is 39.8 Å². The van der Waals surface area contributed by atoms with E-state index in [4.69, 9.17) is 23.9 Å². The number of aliphatic hydroxyl groups is 1. The van der Waals surface area contributed by atoms with Crippen LogP contribution in [-0.4, -0.2) is 81.9 Å². The Hall–Kier alpha value is -5.77. The molecular formula is C56H72N4O10S. The number of aromatic amines is 1. The molecule has 382 valence electrons. The zero-order valence-electron chi connectivity index (χ0n) is 43.1. The predicted molar refractivity (Wildman–Crippen MR) is 279 cm³/mol. The summed E-state index contributed by atoms with van der Waals surface area (Å²) in [6.07, 6.45) is 4.39. The maximum Gasteiger partial charge on any atom is 0.342 e. The molecule has 6 atom stereocenters. The minimum absolute atomic E-state index is 0.0177. The number of ether oxygens (including phenoxy) is 4. The number of hydrogen-bond acceptors (Lipinski definition) is 12. The van der Waals surface area contributed by atoms with Crippen molar-refractivity contribution >= 4 is 64.8 Å². The van der Waals surface area contributed by atoms with Crippen molar-refractivity contribution in [3.05, 3.63) is 101 Å². The first kappa shape index (κ1) is 54.6. The Bertz CT molecular complexity index is 2520. The number of aromatic nitrogens is 1. The molecule has 6 rings (SSSR count). The average Bonchev–Trinajstić information content (AvgIpc) is 3.85. The van der Waals surface area contributed by atoms with Gasteiger partial charge in [0, 0.05) is 16.7 Å². The van der Waals surface area contributed by atoms with Gasteiger partial charge in [0.2, 0.25) is 11.8 Å². The highest BCUT2D eigenvalue weighted by Gasteiger charge is 2.41. The van der Waals surface area contributed by atoms with Gasteiger partial charge in [0.15, 0.2) is 0 Å². The molecule has 0 saturated heterocycles. The van der Waals surface area contributed by atoms with Crippen LogP contribution in [0.3, 0.4) is 0 Å². The number of anilines is 1. The summed E-state index contributed by atoms with van der Waals surface area (Å²) in [6, 6.07) is 18.4. The van der Waals surface area contributed by atoms with Crippen LogP contribution >= 0.6 is 11.8 Å². The van der Waals surface area contributed by atoms with Crippen LogP contribution < -0.4 is 10.6 Å². The van der Waals surface area contributed by atoms with Crippen molar-refractivity contribution in [2.75, 3.05) is 18.7 Å². The van der Waals surface area contributed by atoms with Crippen LogP contribution in [0.2, 0.25) is 0 Å². The van der Waals surface area contributed by atoms with Gasteiger partial charge in [0.25, 0.3) is 0 Å². The number of allylic oxidation sites excluding steroid dienone is 1. The molecule has 2 aromatic carbocycles. The summed E-state index contributed by atoms with van der Waals surface area (Å²) >= 11 is 1.19. The Morgan fingerprint density at radius 2 is 1.34 bits per heavy atom. The van der Waals surface area contributed by atoms with Crippen molar-refractivity contribution in [1.29, 1.82) is 0 Å². The number of amides is 2. The highest BCUT2D eigenvalue weighted by molar-refractivity contribution is 8.01. The Morgan fingerprint density at radius 3 is 1.86 bits per heavy atom. The van der Waals surface area contributed by atoms with Crippen molar-refractivity contribution in [3.63, 3.8) is 0 Å². The van der Waals surface area contributed by atoms with Crippen LogP contribution in [0.4, 0.5) is 5.82 Å². The number of H-pyrrole nitrogens is 1. The first-order valence-corrected chi connectivity index (χ1v) is 25.7. The smallest absolute Gasteiger partial charge is 0.342 e. The molecule has 0 spiro atoms. The van der Waals surface area contributed by atoms with E-state index in [1.807, 2.05) is 60.7 Å². The number of hydrogen-bond donors (Lipinski definition) is 4. The van der Waals surface area contributed by atoms with Gasteiger partial charge in [-0.15, -0.1) is 11.8 Å². The summed E-state index contributed by atoms with van der Waals surface area (Å²) in [4.78, 5) is 79.3. The van der Waals surface area contributed by atoms with Crippen LogP contribution in [0, 0.1) is 40.9 Å². The molecule has 2 amide bonds. The Kier molecular flexibility index (Phi) is 18.2. The largest absolute Gasteiger partial charge is 0.461 e. The Morgan fingerprint density at radius 1 is 0.817 bits per heavy atom. The van der Waals surface area contributed by atoms with Crippen molar-refractivity contribution in [2.24, 2.45) is 45.9 Å². The number of nitrogens with zero attached hydrogens (tertiary/aromatic N) is 1. The first-order valence-electron chi connectivity index (χ1n) is 24.8. The summed E-state index contributed by atoms with van der Waals surface area (Å²) in [6.45, 7) is 23.8. The van der Waals surface area contributed by atoms with Gasteiger partial charge in [-0.3, -0.25) is 9.59 Å². The maximum absolute atomic E-state index is 15.0. The van der Waals surface area contributed by atoms with Gasteiger partial charge in [-0.25, -0.2) is 19.4 Å². The molecule has 15 heteroatoms. The molecule has 0 bridgehead atoms. The summed E-state index contributed by atoms with van der Waals surface area (Å²) in [5.41, 5.74) is 1.03. The molecule has 6 unspecified atom stereocenters. The highest BCUT2D eigenvalue weighted by atomic mass is 32.2. The molecule has 1 aliphatic heterocycles. The molecule has 4 N–H and O–H groups in total. The van der Waals surface area contributed by atoms with Gasteiger partial charge in [-0.05, 0) is 113 Å². The Labute approximate surface area is 422 Å². The number of aliphatic hydroxyl groups excluding tert-OH is 1. The number of rotatable bonds is 17. The molecule has 0 radical (unpaired) electrons. The van der Waals surface area contributed by atoms with Gasteiger partial charge < -0.3 is 39.7 Å². The fourth-order valence-corrected chi connectivity index (χ4v) is 11.3. The van der Waals surface area contributed by atoms with Gasteiger partial charge in [-0.1, -0.05) is 109 Å². The minimum Gasteiger partial charge on any atom is -0.461 e. The topological polar surface area (TPSA) is 195 Å². The van der Waals surface area contributed by atoms with E-state index in [-0.39, 0.29) is 64.3 Å². The summed E-state index contributed by atoms with van der Waals surface area (Å²) in [5, 5.41) is 14.6. The van der Waals surface area contributed by atoms with Crippen LogP contribution in [0.25, 0.3) is 22.8 Å². The molecule has 2 saturated carbocycles. The summed E-state index contributed by atoms with van der Waals surface area (Å²) in [7, 11) is 0. The van der Waals surface area contributed by atoms with Gasteiger partial charge in [0.1, 0.15) is 53.8 Å². The molecule has 2 aliphatic carbocycles. The predicted octanol–water partition coefficient (Wildman–Crippen LogP) is 10.4. The van der Waals surface area contributed by atoms with Crippen molar-refractivity contribution in [2.45, 2.75) is 125 Å². The minimum atomic E-state index is -1.30. The van der Waals surface area contributed by atoms with Gasteiger partial charge in [0.05, 0.1) is 22.1 Å². The third kappa shape index (κ3) is 13.2. The molecule has 2 fully saturated rings. The van der Waals surface area contributed by atoms with Crippen LogP contribution in [-0.2, 0) is 38.1 Å². The molecular weight excluding hydrogens is 921 g/mol. The zero-order valence-corrected chi connectivity index (χ0v) is 43.9. The third-order valence-electron chi connectivity index (χ3n) is 13.7. The summed E-state index contributed by atoms with van der Waals surface area (Å²) < 4.78 is 23.7. The van der Waals surface area contributed by atoms with E-state index in [2.05, 4.69) is 63.7 Å². The monoisotopic (exact) mass is 992 g/mol. The van der Waals surface area contributed by atoms with Crippen molar-refractivity contribution in [3.8, 4) is 11.1 Å². The molecule has 2 heterocycles. The molecule has 3 aromatic rings. The quantitative estimate of drug-likeness (QED) is 0.0435. The van der Waals surface area contributed by atoms with Crippen LogP contribution in [0.5, 0.6) is 0 Å². The molecule has 1 aromatic heterocycles. The number of carbonyl (C=O) groups is 5. The second-order valence-corrected chi connectivity index (χ2v) is 22.4. The normalized spacial score (nSPS) is 24.9. The van der Waals surface area contributed by atoms with E-state index in [0.717, 1.165) is 25.7 Å². The standard InChI is InChI=1S/C56H72N4O10S/c1-30(2)52(63)67-28-56(11,12)55(66)60-50-46(54(65)70-48-35(7)25-32(4)26-36(48)8)44(40-21-17-14-18-22-40)42(58-50)27-41-43(39-19-15-13-16-20-39)45(53(64)69-47-33(5)23-31(3)24-34(47)6)49(57-41)59-51(62)37(9)71-38(10)68-29-61/h13-22,27,31-38,47-48,57,61H,1,23-26,28-29H2,2-12H3,(H,59,62)(H,58,60,66). The summed E-state index contributed by atoms with van der Waals surface area (Å²) in [5.74, 6) is -1.81. The van der Waals surface area contributed by atoms with Crippen LogP contribution in [0.15, 0.2) is 89.1 Å². The van der Waals surface area contributed by atoms with E-state index < -0.39 is 64.8 Å². The number of benzene rings is 2. The second-order valence-electron chi connectivity index (χ2n) is 20.8. The van der Waals surface area contributed by atoms with Gasteiger partial charge in [-0.2, -0.15) is 0 Å². The number of thioether (sulfide) groups is 1. The number of aliphatic imine (C=N–C) groups is 1. The van der Waals surface area contributed by atoms with Crippen LogP contribution in [0.1, 0.15) is 123 Å².